The fourth-order valence-corrected chi connectivity index (χ4v) is 4.95. The Balaban J connectivity index is 1.35. The summed E-state index contributed by atoms with van der Waals surface area (Å²) < 4.78 is 56.6. The van der Waals surface area contributed by atoms with Gasteiger partial charge in [-0.2, -0.15) is 13.2 Å². The minimum Gasteiger partial charge on any atom is -0.301 e. The molecule has 3 heterocycles. The molecule has 0 atom stereocenters. The lowest BCUT2D eigenvalue weighted by atomic mass is 9.97. The van der Waals surface area contributed by atoms with Gasteiger partial charge in [0.2, 0.25) is 0 Å². The Kier molecular flexibility index (Phi) is 8.43. The number of carbonyl (C=O) groups is 1. The number of aromatic nitrogens is 2. The molecule has 5 nitrogen and oxygen atoms in total. The maximum absolute atomic E-state index is 14.6. The van der Waals surface area contributed by atoms with Crippen LogP contribution < -0.4 is 0 Å². The lowest BCUT2D eigenvalue weighted by Gasteiger charge is -2.34. The van der Waals surface area contributed by atoms with E-state index in [1.54, 1.807) is 24.5 Å². The van der Waals surface area contributed by atoms with Gasteiger partial charge in [-0.1, -0.05) is 30.9 Å². The van der Waals surface area contributed by atoms with Gasteiger partial charge in [0.1, 0.15) is 5.82 Å². The van der Waals surface area contributed by atoms with E-state index in [1.807, 2.05) is 11.0 Å². The molecule has 1 saturated heterocycles. The van der Waals surface area contributed by atoms with E-state index in [4.69, 9.17) is 0 Å². The van der Waals surface area contributed by atoms with Gasteiger partial charge in [0.25, 0.3) is 0 Å². The van der Waals surface area contributed by atoms with E-state index in [2.05, 4.69) is 33.6 Å². The van der Waals surface area contributed by atoms with Crippen LogP contribution in [-0.2, 0) is 19.1 Å². The van der Waals surface area contributed by atoms with Crippen molar-refractivity contribution in [2.75, 3.05) is 32.7 Å². The van der Waals surface area contributed by atoms with Gasteiger partial charge in [-0.05, 0) is 54.1 Å². The van der Waals surface area contributed by atoms with Crippen LogP contribution in [0.5, 0.6) is 0 Å². The zero-order chi connectivity index (χ0) is 29.0. The molecule has 4 aromatic rings. The topological polar surface area (TPSA) is 49.3 Å². The molecule has 41 heavy (non-hydrogen) atoms. The van der Waals surface area contributed by atoms with Crippen LogP contribution in [-0.4, -0.2) is 58.3 Å². The van der Waals surface area contributed by atoms with Crippen molar-refractivity contribution in [1.82, 2.24) is 19.8 Å². The number of likely N-dealkylation sites (N-methyl/N-ethyl adjacent to an activating group) is 1. The zero-order valence-corrected chi connectivity index (χ0v) is 22.5. The largest absolute Gasteiger partial charge is 0.416 e. The van der Waals surface area contributed by atoms with Crippen LogP contribution >= 0.6 is 0 Å². The second-order valence-corrected chi connectivity index (χ2v) is 10.0. The van der Waals surface area contributed by atoms with Gasteiger partial charge in [0.15, 0.2) is 5.78 Å². The highest BCUT2D eigenvalue weighted by Crippen LogP contribution is 2.34. The molecule has 2 aromatic carbocycles. The third-order valence-corrected chi connectivity index (χ3v) is 7.28. The summed E-state index contributed by atoms with van der Waals surface area (Å²) in [4.78, 5) is 25.8. The lowest BCUT2D eigenvalue weighted by molar-refractivity contribution is -0.138. The first kappa shape index (κ1) is 28.4. The number of piperazine rings is 1. The third kappa shape index (κ3) is 6.79. The number of carbonyl (C=O) groups excluding carboxylic acids is 1. The van der Waals surface area contributed by atoms with Crippen LogP contribution in [0.3, 0.4) is 0 Å². The van der Waals surface area contributed by atoms with Crippen LogP contribution in [0.25, 0.3) is 10.9 Å². The Hall–Kier alpha value is -4.13. The molecule has 0 amide bonds. The monoisotopic (exact) mass is 560 g/mol. The van der Waals surface area contributed by atoms with Crippen LogP contribution in [0.4, 0.5) is 17.6 Å². The molecule has 0 saturated carbocycles. The van der Waals surface area contributed by atoms with Crippen LogP contribution in [0.1, 0.15) is 45.1 Å². The first-order valence-corrected chi connectivity index (χ1v) is 13.4. The molecular formula is C32H28F4N4O. The molecule has 9 heteroatoms. The molecule has 0 aliphatic carbocycles. The first-order chi connectivity index (χ1) is 19.7. The Morgan fingerprint density at radius 3 is 2.46 bits per heavy atom. The minimum absolute atomic E-state index is 0.00159. The molecular weight excluding hydrogens is 532 g/mol. The van der Waals surface area contributed by atoms with Crippen LogP contribution in [0.2, 0.25) is 0 Å². The number of alkyl halides is 3. The summed E-state index contributed by atoms with van der Waals surface area (Å²) in [6, 6.07) is 11.5. The van der Waals surface area contributed by atoms with Gasteiger partial charge in [-0.3, -0.25) is 19.7 Å². The highest BCUT2D eigenvalue weighted by atomic mass is 19.4. The molecule has 1 aliphatic rings. The van der Waals surface area contributed by atoms with Crippen molar-refractivity contribution >= 4 is 16.7 Å². The van der Waals surface area contributed by atoms with Gasteiger partial charge in [-0.25, -0.2) is 4.39 Å². The van der Waals surface area contributed by atoms with E-state index in [9.17, 15) is 22.4 Å². The highest BCUT2D eigenvalue weighted by molar-refractivity contribution is 5.98. The Morgan fingerprint density at radius 2 is 1.71 bits per heavy atom. The Labute approximate surface area is 235 Å². The number of hydrogen-bond donors (Lipinski definition) is 0. The Morgan fingerprint density at radius 1 is 0.951 bits per heavy atom. The summed E-state index contributed by atoms with van der Waals surface area (Å²) in [7, 11) is 0. The molecule has 0 bridgehead atoms. The number of rotatable bonds is 6. The third-order valence-electron chi connectivity index (χ3n) is 7.28. The van der Waals surface area contributed by atoms with Crippen LogP contribution in [0, 0.1) is 17.7 Å². The number of ketones is 1. The van der Waals surface area contributed by atoms with Crippen molar-refractivity contribution < 1.29 is 22.4 Å². The average molecular weight is 561 g/mol. The normalized spacial score (nSPS) is 14.6. The smallest absolute Gasteiger partial charge is 0.301 e. The van der Waals surface area contributed by atoms with Crippen molar-refractivity contribution in [2.45, 2.75) is 26.1 Å². The lowest BCUT2D eigenvalue weighted by Crippen LogP contribution is -2.45. The summed E-state index contributed by atoms with van der Waals surface area (Å²) in [5.74, 6) is 4.58. The molecule has 0 unspecified atom stereocenters. The molecule has 1 aliphatic heterocycles. The van der Waals surface area contributed by atoms with E-state index in [0.717, 1.165) is 37.2 Å². The fraction of sp³-hybridized carbons (Fsp3) is 0.281. The fourth-order valence-electron chi connectivity index (χ4n) is 4.95. The molecule has 210 valence electrons. The number of Topliss-reactive ketones (excluding diaryl/α,β-unsaturated/α-hetero) is 1. The summed E-state index contributed by atoms with van der Waals surface area (Å²) in [5.41, 5.74) is 0.987. The van der Waals surface area contributed by atoms with E-state index in [-0.39, 0.29) is 35.2 Å². The Bertz CT molecular complexity index is 1630. The standard InChI is InChI=1S/C32H28F4N4O/c1-2-39-12-14-40(15-13-39)21-27-6-5-22(16-28(27)32(34,35)36)17-30(41)24-9-10-29(33)23(18-24)7-8-26-20-37-19-25-4-3-11-38-31(25)26/h3-6,9-11,16,18-20H,2,12-15,17,21H2,1H3. The SMILES string of the molecule is CCN1CCN(Cc2ccc(CC(=O)c3ccc(F)c(C#Cc4cncc5cccnc45)c3)cc2C(F)(F)F)CC1. The zero-order valence-electron chi connectivity index (χ0n) is 22.5. The van der Waals surface area contributed by atoms with E-state index >= 15 is 0 Å². The molecule has 0 radical (unpaired) electrons. The van der Waals surface area contributed by atoms with Crippen molar-refractivity contribution in [2.24, 2.45) is 0 Å². The van der Waals surface area contributed by atoms with Crippen molar-refractivity contribution in [1.29, 1.82) is 0 Å². The quantitative estimate of drug-likeness (QED) is 0.171. The predicted octanol–water partition coefficient (Wildman–Crippen LogP) is 5.75. The second-order valence-electron chi connectivity index (χ2n) is 10.0. The van der Waals surface area contributed by atoms with Gasteiger partial charge < -0.3 is 4.90 Å². The van der Waals surface area contributed by atoms with Crippen LogP contribution in [0.15, 0.2) is 67.1 Å². The molecule has 5 rings (SSSR count). The second kappa shape index (κ2) is 12.2. The molecule has 0 N–H and O–H groups in total. The molecule has 0 spiro atoms. The number of nitrogens with zero attached hydrogens (tertiary/aromatic N) is 4. The molecule has 1 fully saturated rings. The van der Waals surface area contributed by atoms with Crippen molar-refractivity contribution in [3.05, 3.63) is 106 Å². The van der Waals surface area contributed by atoms with E-state index in [0.29, 0.717) is 24.2 Å². The summed E-state index contributed by atoms with van der Waals surface area (Å²) in [6.07, 6.45) is -0.00456. The summed E-state index contributed by atoms with van der Waals surface area (Å²) >= 11 is 0. The number of benzene rings is 2. The summed E-state index contributed by atoms with van der Waals surface area (Å²) in [6.45, 7) is 6.24. The van der Waals surface area contributed by atoms with Gasteiger partial charge in [0, 0.05) is 68.7 Å². The van der Waals surface area contributed by atoms with Crippen molar-refractivity contribution in [3.8, 4) is 11.8 Å². The summed E-state index contributed by atoms with van der Waals surface area (Å²) in [5, 5.41) is 0.784. The van der Waals surface area contributed by atoms with Gasteiger partial charge in [-0.15, -0.1) is 0 Å². The number of fused-ring (bicyclic) bond motifs is 1. The van der Waals surface area contributed by atoms with Gasteiger partial charge >= 0.3 is 6.18 Å². The number of halogens is 4. The first-order valence-electron chi connectivity index (χ1n) is 13.4. The predicted molar refractivity (Wildman–Crippen MR) is 149 cm³/mol. The maximum atomic E-state index is 14.6. The molecule has 2 aromatic heterocycles. The minimum atomic E-state index is -4.55. The van der Waals surface area contributed by atoms with E-state index < -0.39 is 23.3 Å². The number of hydrogen-bond acceptors (Lipinski definition) is 5. The average Bonchev–Trinajstić information content (AvgIpc) is 2.97. The maximum Gasteiger partial charge on any atom is 0.416 e. The van der Waals surface area contributed by atoms with Crippen molar-refractivity contribution in [3.63, 3.8) is 0 Å². The van der Waals surface area contributed by atoms with Gasteiger partial charge in [0.05, 0.1) is 22.2 Å². The number of pyridine rings is 2. The highest BCUT2D eigenvalue weighted by Gasteiger charge is 2.34. The van der Waals surface area contributed by atoms with E-state index in [1.165, 1.54) is 24.4 Å².